The fourth-order valence-electron chi connectivity index (χ4n) is 2.70. The summed E-state index contributed by atoms with van der Waals surface area (Å²) in [5, 5.41) is 0. The molecule has 5 heteroatoms. The van der Waals surface area contributed by atoms with Crippen molar-refractivity contribution < 1.29 is 13.2 Å². The van der Waals surface area contributed by atoms with E-state index in [0.717, 1.165) is 25.7 Å². The molecule has 0 spiro atoms. The number of nitrogens with zero attached hydrogens (tertiary/aromatic N) is 1. The summed E-state index contributed by atoms with van der Waals surface area (Å²) in [5.41, 5.74) is 5.72. The molecule has 1 heterocycles. The molecular formula is C15H21F3N2. The fraction of sp³-hybridized carbons (Fsp3) is 0.600. The van der Waals surface area contributed by atoms with Gasteiger partial charge in [-0.1, -0.05) is 25.3 Å². The van der Waals surface area contributed by atoms with Crippen molar-refractivity contribution in [2.75, 3.05) is 18.0 Å². The van der Waals surface area contributed by atoms with Crippen molar-refractivity contribution in [2.45, 2.75) is 44.8 Å². The molecule has 0 atom stereocenters. The Balaban J connectivity index is 2.33. The van der Waals surface area contributed by atoms with Gasteiger partial charge in [0.05, 0.1) is 5.56 Å². The molecule has 20 heavy (non-hydrogen) atoms. The number of nitrogens with two attached hydrogens (primary N) is 1. The van der Waals surface area contributed by atoms with Gasteiger partial charge in [0.1, 0.15) is 0 Å². The molecule has 0 unspecified atom stereocenters. The van der Waals surface area contributed by atoms with E-state index in [0.29, 0.717) is 24.3 Å². The molecule has 1 aliphatic rings. The predicted molar refractivity (Wildman–Crippen MR) is 74.6 cm³/mol. The number of alkyl halides is 3. The van der Waals surface area contributed by atoms with Crippen molar-refractivity contribution in [1.82, 2.24) is 0 Å². The third-order valence-corrected chi connectivity index (χ3v) is 3.80. The van der Waals surface area contributed by atoms with Gasteiger partial charge < -0.3 is 10.6 Å². The largest absolute Gasteiger partial charge is 0.418 e. The van der Waals surface area contributed by atoms with Crippen LogP contribution >= 0.6 is 0 Å². The third-order valence-electron chi connectivity index (χ3n) is 3.80. The Morgan fingerprint density at radius 3 is 2.15 bits per heavy atom. The van der Waals surface area contributed by atoms with Gasteiger partial charge in [-0.15, -0.1) is 0 Å². The highest BCUT2D eigenvalue weighted by atomic mass is 19.4. The van der Waals surface area contributed by atoms with Crippen molar-refractivity contribution in [3.05, 3.63) is 29.3 Å². The van der Waals surface area contributed by atoms with Crippen LogP contribution in [0.1, 0.15) is 43.2 Å². The molecule has 1 aromatic rings. The zero-order chi connectivity index (χ0) is 14.6. The second kappa shape index (κ2) is 6.48. The molecule has 112 valence electrons. The maximum Gasteiger partial charge on any atom is 0.418 e. The molecule has 1 saturated heterocycles. The summed E-state index contributed by atoms with van der Waals surface area (Å²) >= 11 is 0. The number of benzene rings is 1. The molecule has 1 aliphatic heterocycles. The lowest BCUT2D eigenvalue weighted by atomic mass is 10.0. The monoisotopic (exact) mass is 286 g/mol. The predicted octanol–water partition coefficient (Wildman–Crippen LogP) is 3.93. The van der Waals surface area contributed by atoms with Crippen molar-refractivity contribution in [3.63, 3.8) is 0 Å². The van der Waals surface area contributed by atoms with E-state index in [1.165, 1.54) is 12.5 Å². The lowest BCUT2D eigenvalue weighted by Crippen LogP contribution is -2.29. The van der Waals surface area contributed by atoms with Gasteiger partial charge in [0.15, 0.2) is 0 Å². The minimum Gasteiger partial charge on any atom is -0.371 e. The van der Waals surface area contributed by atoms with Gasteiger partial charge in [0.2, 0.25) is 0 Å². The lowest BCUT2D eigenvalue weighted by Gasteiger charge is -2.29. The van der Waals surface area contributed by atoms with E-state index in [2.05, 4.69) is 0 Å². The first-order valence-electron chi connectivity index (χ1n) is 7.17. The SMILES string of the molecule is NCc1ccc(N2CCCCCCC2)c(C(F)(F)F)c1. The summed E-state index contributed by atoms with van der Waals surface area (Å²) in [5.74, 6) is 0. The Morgan fingerprint density at radius 2 is 1.60 bits per heavy atom. The first-order valence-corrected chi connectivity index (χ1v) is 7.17. The van der Waals surface area contributed by atoms with Crippen molar-refractivity contribution in [3.8, 4) is 0 Å². The molecule has 1 aromatic carbocycles. The van der Waals surface area contributed by atoms with E-state index < -0.39 is 11.7 Å². The summed E-state index contributed by atoms with van der Waals surface area (Å²) in [4.78, 5) is 1.88. The Kier molecular flexibility index (Phi) is 4.91. The standard InChI is InChI=1S/C15H21F3N2/c16-15(17,18)13-10-12(11-19)6-7-14(13)20-8-4-2-1-3-5-9-20/h6-7,10H,1-5,8-9,11,19H2. The van der Waals surface area contributed by atoms with Crippen LogP contribution in [0, 0.1) is 0 Å². The second-order valence-electron chi connectivity index (χ2n) is 5.31. The van der Waals surface area contributed by atoms with E-state index in [4.69, 9.17) is 5.73 Å². The molecule has 0 radical (unpaired) electrons. The van der Waals surface area contributed by atoms with E-state index in [-0.39, 0.29) is 6.54 Å². The van der Waals surface area contributed by atoms with E-state index in [9.17, 15) is 13.2 Å². The van der Waals surface area contributed by atoms with Crippen LogP contribution in [0.25, 0.3) is 0 Å². The topological polar surface area (TPSA) is 29.3 Å². The Morgan fingerprint density at radius 1 is 1.00 bits per heavy atom. The average molecular weight is 286 g/mol. The van der Waals surface area contributed by atoms with Gasteiger partial charge in [-0.3, -0.25) is 0 Å². The summed E-state index contributed by atoms with van der Waals surface area (Å²) in [7, 11) is 0. The van der Waals surface area contributed by atoms with Gasteiger partial charge >= 0.3 is 6.18 Å². The highest BCUT2D eigenvalue weighted by Gasteiger charge is 2.35. The van der Waals surface area contributed by atoms with Crippen molar-refractivity contribution >= 4 is 5.69 Å². The highest BCUT2D eigenvalue weighted by molar-refractivity contribution is 5.56. The van der Waals surface area contributed by atoms with Gasteiger partial charge in [-0.05, 0) is 30.5 Å². The number of anilines is 1. The molecule has 0 amide bonds. The number of rotatable bonds is 2. The number of hydrogen-bond donors (Lipinski definition) is 1. The first-order chi connectivity index (χ1) is 9.52. The molecule has 2 N–H and O–H groups in total. The van der Waals surface area contributed by atoms with Crippen LogP contribution in [-0.4, -0.2) is 13.1 Å². The highest BCUT2D eigenvalue weighted by Crippen LogP contribution is 2.37. The molecule has 2 rings (SSSR count). The molecule has 0 aromatic heterocycles. The van der Waals surface area contributed by atoms with Gasteiger partial charge in [0.25, 0.3) is 0 Å². The maximum absolute atomic E-state index is 13.2. The summed E-state index contributed by atoms with van der Waals surface area (Å²) in [6.45, 7) is 1.53. The number of halogens is 3. The summed E-state index contributed by atoms with van der Waals surface area (Å²) < 4.78 is 39.7. The van der Waals surface area contributed by atoms with Crippen LogP contribution < -0.4 is 10.6 Å². The van der Waals surface area contributed by atoms with Gasteiger partial charge in [-0.25, -0.2) is 0 Å². The average Bonchev–Trinajstić information content (AvgIpc) is 2.37. The van der Waals surface area contributed by atoms with E-state index in [1.807, 2.05) is 4.90 Å². The zero-order valence-electron chi connectivity index (χ0n) is 11.5. The summed E-state index contributed by atoms with van der Waals surface area (Å²) in [6.07, 6.45) is 0.957. The first kappa shape index (κ1) is 15.2. The minimum absolute atomic E-state index is 0.128. The normalized spacial score (nSPS) is 17.7. The second-order valence-corrected chi connectivity index (χ2v) is 5.31. The molecule has 0 bridgehead atoms. The summed E-state index contributed by atoms with van der Waals surface area (Å²) in [6, 6.07) is 4.46. The van der Waals surface area contributed by atoms with Gasteiger partial charge in [0, 0.05) is 25.3 Å². The smallest absolute Gasteiger partial charge is 0.371 e. The molecule has 1 fully saturated rings. The lowest BCUT2D eigenvalue weighted by molar-refractivity contribution is -0.137. The molecule has 0 aliphatic carbocycles. The third kappa shape index (κ3) is 3.66. The van der Waals surface area contributed by atoms with Crippen LogP contribution in [0.15, 0.2) is 18.2 Å². The molecule has 2 nitrogen and oxygen atoms in total. The number of hydrogen-bond acceptors (Lipinski definition) is 2. The Hall–Kier alpha value is -1.23. The molecule has 0 saturated carbocycles. The Labute approximate surface area is 117 Å². The fourth-order valence-corrected chi connectivity index (χ4v) is 2.70. The van der Waals surface area contributed by atoms with Crippen LogP contribution in [-0.2, 0) is 12.7 Å². The van der Waals surface area contributed by atoms with E-state index in [1.54, 1.807) is 12.1 Å². The van der Waals surface area contributed by atoms with Crippen LogP contribution in [0.4, 0.5) is 18.9 Å². The van der Waals surface area contributed by atoms with Crippen LogP contribution in [0.2, 0.25) is 0 Å². The van der Waals surface area contributed by atoms with Gasteiger partial charge in [-0.2, -0.15) is 13.2 Å². The maximum atomic E-state index is 13.2. The van der Waals surface area contributed by atoms with Crippen molar-refractivity contribution in [2.24, 2.45) is 5.73 Å². The molecular weight excluding hydrogens is 265 g/mol. The van der Waals surface area contributed by atoms with E-state index >= 15 is 0 Å². The zero-order valence-corrected chi connectivity index (χ0v) is 11.5. The van der Waals surface area contributed by atoms with Crippen molar-refractivity contribution in [1.29, 1.82) is 0 Å². The minimum atomic E-state index is -4.33. The van der Waals surface area contributed by atoms with Crippen LogP contribution in [0.3, 0.4) is 0 Å². The quantitative estimate of drug-likeness (QED) is 0.892. The van der Waals surface area contributed by atoms with Crippen LogP contribution in [0.5, 0.6) is 0 Å². The Bertz CT molecular complexity index is 435.